The Balaban J connectivity index is 1.83. The molecule has 1 aromatic heterocycles. The average molecular weight is 399 g/mol. The highest BCUT2D eigenvalue weighted by Gasteiger charge is 2.25. The molecule has 0 aliphatic carbocycles. The van der Waals surface area contributed by atoms with Crippen molar-refractivity contribution in [1.29, 1.82) is 0 Å². The van der Waals surface area contributed by atoms with E-state index in [0.717, 1.165) is 25.8 Å². The van der Waals surface area contributed by atoms with Crippen LogP contribution in [0.1, 0.15) is 37.8 Å². The van der Waals surface area contributed by atoms with E-state index in [4.69, 9.17) is 5.73 Å². The van der Waals surface area contributed by atoms with Gasteiger partial charge in [0.05, 0.1) is 6.54 Å². The first-order valence-electron chi connectivity index (χ1n) is 10.2. The molecule has 0 unspecified atom stereocenters. The molecule has 0 bridgehead atoms. The fourth-order valence-corrected chi connectivity index (χ4v) is 3.80. The predicted octanol–water partition coefficient (Wildman–Crippen LogP) is 1.33. The van der Waals surface area contributed by atoms with Gasteiger partial charge in [0.15, 0.2) is 5.69 Å². The number of nitrogens with one attached hydrogen (secondary N) is 1. The van der Waals surface area contributed by atoms with Gasteiger partial charge < -0.3 is 10.6 Å². The molecule has 0 atom stereocenters. The van der Waals surface area contributed by atoms with Crippen molar-refractivity contribution in [2.75, 3.05) is 30.3 Å². The van der Waals surface area contributed by atoms with E-state index in [0.29, 0.717) is 19.6 Å². The van der Waals surface area contributed by atoms with Crippen LogP contribution in [-0.4, -0.2) is 40.0 Å². The van der Waals surface area contributed by atoms with Gasteiger partial charge >= 0.3 is 5.69 Å². The number of nitrogen functional groups attached to an aromatic ring is 1. The van der Waals surface area contributed by atoms with Crippen LogP contribution < -0.4 is 21.9 Å². The summed E-state index contributed by atoms with van der Waals surface area (Å²) in [4.78, 5) is 43.5. The molecule has 2 heterocycles. The lowest BCUT2D eigenvalue weighted by Crippen LogP contribution is -2.46. The smallest absolute Gasteiger partial charge is 0.330 e. The maximum Gasteiger partial charge on any atom is 0.330 e. The number of amides is 1. The quantitative estimate of drug-likeness (QED) is 0.731. The zero-order valence-electron chi connectivity index (χ0n) is 17.1. The van der Waals surface area contributed by atoms with Gasteiger partial charge in [-0.3, -0.25) is 24.0 Å². The molecule has 8 heteroatoms. The maximum absolute atomic E-state index is 13.1. The Hall–Kier alpha value is -2.87. The summed E-state index contributed by atoms with van der Waals surface area (Å²) in [6, 6.07) is 8.23. The number of aromatic nitrogens is 2. The Morgan fingerprint density at radius 1 is 1.21 bits per heavy atom. The Morgan fingerprint density at radius 3 is 2.62 bits per heavy atom. The summed E-state index contributed by atoms with van der Waals surface area (Å²) >= 11 is 0. The summed E-state index contributed by atoms with van der Waals surface area (Å²) in [5.41, 5.74) is 7.60. The Kier molecular flexibility index (Phi) is 6.53. The topological polar surface area (TPSA) is 104 Å². The van der Waals surface area contributed by atoms with Crippen molar-refractivity contribution in [2.24, 2.45) is 0 Å². The summed E-state index contributed by atoms with van der Waals surface area (Å²) in [5.74, 6) is -0.156. The molecule has 2 aromatic rings. The van der Waals surface area contributed by atoms with Crippen LogP contribution in [0.25, 0.3) is 0 Å². The fourth-order valence-electron chi connectivity index (χ4n) is 3.80. The minimum Gasteiger partial charge on any atom is -0.383 e. The predicted molar refractivity (Wildman–Crippen MR) is 114 cm³/mol. The molecule has 0 spiro atoms. The largest absolute Gasteiger partial charge is 0.383 e. The maximum atomic E-state index is 13.1. The molecule has 0 fully saturated rings. The monoisotopic (exact) mass is 399 g/mol. The highest BCUT2D eigenvalue weighted by atomic mass is 16.2. The van der Waals surface area contributed by atoms with E-state index < -0.39 is 11.2 Å². The molecule has 1 aliphatic rings. The number of rotatable bonds is 7. The van der Waals surface area contributed by atoms with Crippen molar-refractivity contribution in [3.8, 4) is 0 Å². The minimum absolute atomic E-state index is 0.0476. The molecule has 3 N–H and O–H groups in total. The molecular weight excluding hydrogens is 370 g/mol. The van der Waals surface area contributed by atoms with E-state index in [2.05, 4.69) is 22.0 Å². The van der Waals surface area contributed by atoms with E-state index in [-0.39, 0.29) is 24.0 Å². The number of likely N-dealkylation sites (N-methyl/N-ethyl adjacent to an activating group) is 1. The number of nitrogens with two attached hydrogens (primary N) is 1. The van der Waals surface area contributed by atoms with E-state index in [1.54, 1.807) is 6.92 Å². The van der Waals surface area contributed by atoms with Gasteiger partial charge in [-0.15, -0.1) is 0 Å². The van der Waals surface area contributed by atoms with Crippen LogP contribution >= 0.6 is 0 Å². The van der Waals surface area contributed by atoms with Crippen LogP contribution in [0.4, 0.5) is 11.5 Å². The Labute approximate surface area is 169 Å². The van der Waals surface area contributed by atoms with E-state index >= 15 is 0 Å². The zero-order valence-corrected chi connectivity index (χ0v) is 17.1. The standard InChI is InChI=1S/C21H29N5O3/c1-3-5-11-26-19(22)18(20(28)23-21(26)29)25(4-2)17(27)14-24-12-10-15-8-6-7-9-16(15)13-24/h6-9H,3-5,10-14,22H2,1-2H3,(H,23,28,29). The summed E-state index contributed by atoms with van der Waals surface area (Å²) < 4.78 is 1.34. The van der Waals surface area contributed by atoms with Gasteiger partial charge in [0.1, 0.15) is 5.82 Å². The summed E-state index contributed by atoms with van der Waals surface area (Å²) in [7, 11) is 0. The van der Waals surface area contributed by atoms with E-state index in [1.807, 2.05) is 19.1 Å². The third-order valence-corrected chi connectivity index (χ3v) is 5.41. The van der Waals surface area contributed by atoms with Crippen LogP contribution in [0.5, 0.6) is 0 Å². The van der Waals surface area contributed by atoms with Gasteiger partial charge in [0.25, 0.3) is 5.56 Å². The van der Waals surface area contributed by atoms with Crippen molar-refractivity contribution < 1.29 is 4.79 Å². The molecule has 29 heavy (non-hydrogen) atoms. The number of carbonyl (C=O) groups excluding carboxylic acids is 1. The number of aromatic amines is 1. The summed E-state index contributed by atoms with van der Waals surface area (Å²) in [6.07, 6.45) is 2.52. The second-order valence-electron chi connectivity index (χ2n) is 7.37. The Morgan fingerprint density at radius 2 is 1.93 bits per heavy atom. The lowest BCUT2D eigenvalue weighted by molar-refractivity contribution is -0.119. The first-order valence-corrected chi connectivity index (χ1v) is 10.2. The van der Waals surface area contributed by atoms with Crippen LogP contribution in [0, 0.1) is 0 Å². The van der Waals surface area contributed by atoms with Crippen LogP contribution in [0.2, 0.25) is 0 Å². The third kappa shape index (κ3) is 4.42. The molecule has 3 rings (SSSR count). The first kappa shape index (κ1) is 20.9. The molecule has 0 saturated carbocycles. The zero-order chi connectivity index (χ0) is 21.0. The van der Waals surface area contributed by atoms with Crippen LogP contribution in [-0.2, 0) is 24.3 Å². The number of unbranched alkanes of at least 4 members (excludes halogenated alkanes) is 1. The first-order chi connectivity index (χ1) is 14.0. The molecule has 8 nitrogen and oxygen atoms in total. The number of anilines is 2. The molecule has 1 amide bonds. The number of benzene rings is 1. The van der Waals surface area contributed by atoms with Crippen molar-refractivity contribution in [2.45, 2.75) is 46.2 Å². The van der Waals surface area contributed by atoms with Crippen LogP contribution in [0.3, 0.4) is 0 Å². The molecule has 1 aromatic carbocycles. The molecule has 0 radical (unpaired) electrons. The van der Waals surface area contributed by atoms with Gasteiger partial charge in [-0.05, 0) is 30.9 Å². The van der Waals surface area contributed by atoms with E-state index in [1.165, 1.54) is 20.6 Å². The lowest BCUT2D eigenvalue weighted by atomic mass is 10.00. The summed E-state index contributed by atoms with van der Waals surface area (Å²) in [5, 5.41) is 0. The van der Waals surface area contributed by atoms with Gasteiger partial charge in [-0.2, -0.15) is 0 Å². The van der Waals surface area contributed by atoms with Gasteiger partial charge in [0, 0.05) is 26.2 Å². The second kappa shape index (κ2) is 9.09. The highest BCUT2D eigenvalue weighted by molar-refractivity contribution is 5.96. The molecule has 1 aliphatic heterocycles. The minimum atomic E-state index is -0.626. The summed E-state index contributed by atoms with van der Waals surface area (Å²) in [6.45, 7) is 6.16. The number of hydrogen-bond acceptors (Lipinski definition) is 5. The third-order valence-electron chi connectivity index (χ3n) is 5.41. The lowest BCUT2D eigenvalue weighted by Gasteiger charge is -2.30. The van der Waals surface area contributed by atoms with Gasteiger partial charge in [0.2, 0.25) is 5.91 Å². The van der Waals surface area contributed by atoms with Crippen LogP contribution in [0.15, 0.2) is 33.9 Å². The SMILES string of the molecule is CCCCn1c(N)c(N(CC)C(=O)CN2CCc3ccccc3C2)c(=O)[nH]c1=O. The second-order valence-corrected chi connectivity index (χ2v) is 7.37. The molecule has 156 valence electrons. The van der Waals surface area contributed by atoms with Crippen molar-refractivity contribution in [3.05, 3.63) is 56.2 Å². The molecular formula is C21H29N5O3. The van der Waals surface area contributed by atoms with Gasteiger partial charge in [-0.25, -0.2) is 4.79 Å². The average Bonchev–Trinajstić information content (AvgIpc) is 2.70. The number of fused-ring (bicyclic) bond motifs is 1. The number of hydrogen-bond donors (Lipinski definition) is 2. The van der Waals surface area contributed by atoms with Crippen molar-refractivity contribution in [1.82, 2.24) is 14.5 Å². The van der Waals surface area contributed by atoms with E-state index in [9.17, 15) is 14.4 Å². The number of H-pyrrole nitrogens is 1. The van der Waals surface area contributed by atoms with Crippen molar-refractivity contribution >= 4 is 17.4 Å². The highest BCUT2D eigenvalue weighted by Crippen LogP contribution is 2.20. The number of carbonyl (C=O) groups is 1. The van der Waals surface area contributed by atoms with Gasteiger partial charge in [-0.1, -0.05) is 37.6 Å². The Bertz CT molecular complexity index is 995. The number of nitrogens with zero attached hydrogens (tertiary/aromatic N) is 3. The van der Waals surface area contributed by atoms with Crippen molar-refractivity contribution in [3.63, 3.8) is 0 Å². The molecule has 0 saturated heterocycles. The fraction of sp³-hybridized carbons (Fsp3) is 0.476. The normalized spacial score (nSPS) is 13.9.